The van der Waals surface area contributed by atoms with Crippen LogP contribution in [0.1, 0.15) is 35.8 Å². The van der Waals surface area contributed by atoms with Gasteiger partial charge in [-0.25, -0.2) is 8.42 Å². The number of carbonyl (C=O) groups excluding carboxylic acids is 1. The molecule has 3 aromatic carbocycles. The Hall–Kier alpha value is -3.16. The van der Waals surface area contributed by atoms with Crippen LogP contribution in [0.5, 0.6) is 0 Å². The molecular weight excluding hydrogens is 422 g/mol. The van der Waals surface area contributed by atoms with E-state index in [9.17, 15) is 13.2 Å². The van der Waals surface area contributed by atoms with Gasteiger partial charge in [0, 0.05) is 17.8 Å². The highest BCUT2D eigenvalue weighted by molar-refractivity contribution is 7.92. The molecule has 6 nitrogen and oxygen atoms in total. The van der Waals surface area contributed by atoms with Crippen molar-refractivity contribution in [3.05, 3.63) is 96.1 Å². The van der Waals surface area contributed by atoms with Gasteiger partial charge in [-0.05, 0) is 55.1 Å². The maximum atomic E-state index is 12.7. The normalized spacial score (nSPS) is 12.3. The first-order valence-corrected chi connectivity index (χ1v) is 12.2. The lowest BCUT2D eigenvalue weighted by molar-refractivity contribution is 0.0935. The van der Waals surface area contributed by atoms with E-state index in [0.29, 0.717) is 17.8 Å². The molecule has 32 heavy (non-hydrogen) atoms. The summed E-state index contributed by atoms with van der Waals surface area (Å²) in [6, 6.07) is 24.8. The number of likely N-dealkylation sites (N-methyl/N-ethyl adjacent to an activating group) is 1. The van der Waals surface area contributed by atoms with Gasteiger partial charge in [-0.2, -0.15) is 0 Å². The highest BCUT2D eigenvalue weighted by Gasteiger charge is 2.19. The zero-order valence-corrected chi connectivity index (χ0v) is 19.2. The minimum absolute atomic E-state index is 0.0760. The number of anilines is 1. The summed E-state index contributed by atoms with van der Waals surface area (Å²) in [6.07, 6.45) is 0. The number of benzene rings is 3. The van der Waals surface area contributed by atoms with E-state index < -0.39 is 10.0 Å². The van der Waals surface area contributed by atoms with E-state index in [4.69, 9.17) is 0 Å². The van der Waals surface area contributed by atoms with Crippen molar-refractivity contribution in [2.45, 2.75) is 24.8 Å². The zero-order valence-electron chi connectivity index (χ0n) is 18.4. The van der Waals surface area contributed by atoms with E-state index >= 15 is 0 Å². The number of nitrogens with one attached hydrogen (secondary N) is 2. The van der Waals surface area contributed by atoms with E-state index in [2.05, 4.69) is 40.9 Å². The van der Waals surface area contributed by atoms with Gasteiger partial charge in [0.15, 0.2) is 0 Å². The highest BCUT2D eigenvalue weighted by atomic mass is 32.2. The number of hydrogen-bond donors (Lipinski definition) is 2. The van der Waals surface area contributed by atoms with Crippen LogP contribution < -0.4 is 10.0 Å². The molecule has 3 aromatic rings. The first kappa shape index (κ1) is 23.5. The molecule has 1 unspecified atom stereocenters. The molecule has 7 heteroatoms. The highest BCUT2D eigenvalue weighted by Crippen LogP contribution is 2.20. The summed E-state index contributed by atoms with van der Waals surface area (Å²) in [6.45, 7) is 6.45. The lowest BCUT2D eigenvalue weighted by Gasteiger charge is -2.30. The second-order valence-corrected chi connectivity index (χ2v) is 9.04. The molecule has 0 saturated carbocycles. The number of hydrogen-bond acceptors (Lipinski definition) is 4. The van der Waals surface area contributed by atoms with Crippen LogP contribution in [0.4, 0.5) is 5.69 Å². The quantitative estimate of drug-likeness (QED) is 0.482. The van der Waals surface area contributed by atoms with E-state index in [1.165, 1.54) is 12.1 Å². The molecule has 0 aliphatic rings. The van der Waals surface area contributed by atoms with Gasteiger partial charge in [-0.15, -0.1) is 0 Å². The minimum Gasteiger partial charge on any atom is -0.350 e. The Labute approximate surface area is 190 Å². The fourth-order valence-corrected chi connectivity index (χ4v) is 4.67. The molecule has 1 atom stereocenters. The van der Waals surface area contributed by atoms with Gasteiger partial charge in [0.25, 0.3) is 15.9 Å². The van der Waals surface area contributed by atoms with Crippen molar-refractivity contribution in [3.8, 4) is 0 Å². The lowest BCUT2D eigenvalue weighted by atomic mass is 10.0. The molecule has 0 aromatic heterocycles. The van der Waals surface area contributed by atoms with Gasteiger partial charge < -0.3 is 5.32 Å². The number of rotatable bonds is 10. The summed E-state index contributed by atoms with van der Waals surface area (Å²) < 4.78 is 27.5. The number of nitrogens with zero attached hydrogens (tertiary/aromatic N) is 1. The van der Waals surface area contributed by atoms with Crippen molar-refractivity contribution < 1.29 is 13.2 Å². The van der Waals surface area contributed by atoms with Gasteiger partial charge in [0.05, 0.1) is 10.9 Å². The van der Waals surface area contributed by atoms with E-state index in [-0.39, 0.29) is 16.8 Å². The second kappa shape index (κ2) is 10.9. The molecule has 0 fully saturated rings. The molecule has 0 spiro atoms. The Kier molecular flexibility index (Phi) is 8.03. The Morgan fingerprint density at radius 1 is 0.844 bits per heavy atom. The summed E-state index contributed by atoms with van der Waals surface area (Å²) >= 11 is 0. The minimum atomic E-state index is -3.67. The van der Waals surface area contributed by atoms with E-state index in [1.54, 1.807) is 42.5 Å². The second-order valence-electron chi connectivity index (χ2n) is 7.35. The summed E-state index contributed by atoms with van der Waals surface area (Å²) in [5.74, 6) is -0.199. The van der Waals surface area contributed by atoms with Crippen molar-refractivity contribution >= 4 is 21.6 Å². The fourth-order valence-electron chi connectivity index (χ4n) is 3.59. The smallest absolute Gasteiger partial charge is 0.261 e. The molecule has 0 radical (unpaired) electrons. The number of sulfonamides is 1. The Morgan fingerprint density at radius 3 is 1.97 bits per heavy atom. The zero-order chi connectivity index (χ0) is 23.0. The summed E-state index contributed by atoms with van der Waals surface area (Å²) in [5.41, 5.74) is 2.02. The standard InChI is InChI=1S/C25H29N3O3S/c1-3-28(4-2)24(20-11-7-5-8-12-20)19-26-25(29)21-15-17-22(18-16-21)27-32(30,31)23-13-9-6-10-14-23/h5-18,24,27H,3-4,19H2,1-2H3,(H,26,29). The Balaban J connectivity index is 1.66. The van der Waals surface area contributed by atoms with Crippen LogP contribution in [-0.2, 0) is 10.0 Å². The van der Waals surface area contributed by atoms with Crippen molar-refractivity contribution in [1.29, 1.82) is 0 Å². The van der Waals surface area contributed by atoms with Crippen LogP contribution in [0.25, 0.3) is 0 Å². The third-order valence-electron chi connectivity index (χ3n) is 5.35. The largest absolute Gasteiger partial charge is 0.350 e. The van der Waals surface area contributed by atoms with E-state index in [1.807, 2.05) is 18.2 Å². The predicted molar refractivity (Wildman–Crippen MR) is 128 cm³/mol. The average Bonchev–Trinajstić information content (AvgIpc) is 2.83. The third-order valence-corrected chi connectivity index (χ3v) is 6.74. The van der Waals surface area contributed by atoms with Crippen molar-refractivity contribution in [2.24, 2.45) is 0 Å². The molecular formula is C25H29N3O3S. The monoisotopic (exact) mass is 451 g/mol. The molecule has 168 valence electrons. The van der Waals surface area contributed by atoms with Gasteiger partial charge >= 0.3 is 0 Å². The maximum Gasteiger partial charge on any atom is 0.261 e. The molecule has 0 heterocycles. The van der Waals surface area contributed by atoms with Crippen LogP contribution in [0.15, 0.2) is 89.8 Å². The molecule has 0 saturated heterocycles. The maximum absolute atomic E-state index is 12.7. The van der Waals surface area contributed by atoms with Crippen LogP contribution in [-0.4, -0.2) is 38.9 Å². The van der Waals surface area contributed by atoms with E-state index in [0.717, 1.165) is 18.7 Å². The van der Waals surface area contributed by atoms with Gasteiger partial charge in [0.1, 0.15) is 0 Å². The van der Waals surface area contributed by atoms with Gasteiger partial charge in [-0.1, -0.05) is 62.4 Å². The molecule has 0 bridgehead atoms. The topological polar surface area (TPSA) is 78.5 Å². The van der Waals surface area contributed by atoms with Crippen LogP contribution in [0.3, 0.4) is 0 Å². The van der Waals surface area contributed by atoms with Gasteiger partial charge in [0.2, 0.25) is 0 Å². The van der Waals surface area contributed by atoms with Crippen LogP contribution in [0, 0.1) is 0 Å². The first-order chi connectivity index (χ1) is 15.4. The molecule has 0 aliphatic carbocycles. The Bertz CT molecular complexity index is 1100. The van der Waals surface area contributed by atoms with Crippen molar-refractivity contribution in [3.63, 3.8) is 0 Å². The molecule has 2 N–H and O–H groups in total. The average molecular weight is 452 g/mol. The first-order valence-electron chi connectivity index (χ1n) is 10.7. The number of carbonyl (C=O) groups is 1. The molecule has 1 amide bonds. The summed E-state index contributed by atoms with van der Waals surface area (Å²) in [7, 11) is -3.67. The third kappa shape index (κ3) is 5.96. The molecule has 0 aliphatic heterocycles. The van der Waals surface area contributed by atoms with Crippen molar-refractivity contribution in [1.82, 2.24) is 10.2 Å². The Morgan fingerprint density at radius 2 is 1.41 bits per heavy atom. The van der Waals surface area contributed by atoms with Gasteiger partial charge in [-0.3, -0.25) is 14.4 Å². The summed E-state index contributed by atoms with van der Waals surface area (Å²) in [4.78, 5) is 15.2. The van der Waals surface area contributed by atoms with Crippen LogP contribution >= 0.6 is 0 Å². The summed E-state index contributed by atoms with van der Waals surface area (Å²) in [5, 5.41) is 3.02. The molecule has 3 rings (SSSR count). The lowest BCUT2D eigenvalue weighted by Crippen LogP contribution is -2.38. The SMILES string of the molecule is CCN(CC)C(CNC(=O)c1ccc(NS(=O)(=O)c2ccccc2)cc1)c1ccccc1. The fraction of sp³-hybridized carbons (Fsp3) is 0.240. The number of amides is 1. The van der Waals surface area contributed by atoms with Crippen LogP contribution in [0.2, 0.25) is 0 Å². The predicted octanol–water partition coefficient (Wildman–Crippen LogP) is 4.30. The van der Waals surface area contributed by atoms with Crippen molar-refractivity contribution in [2.75, 3.05) is 24.4 Å².